The number of H-pyrrole nitrogens is 2. The van der Waals surface area contributed by atoms with Gasteiger partial charge in [-0.2, -0.15) is 0 Å². The lowest BCUT2D eigenvalue weighted by Crippen LogP contribution is -2.35. The monoisotopic (exact) mass is 167 g/mol. The van der Waals surface area contributed by atoms with Gasteiger partial charge >= 0.3 is 5.69 Å². The van der Waals surface area contributed by atoms with E-state index in [1.807, 2.05) is 0 Å². The molecule has 1 aliphatic heterocycles. The highest BCUT2D eigenvalue weighted by molar-refractivity contribution is 5.18. The maximum atomic E-state index is 11.2. The first kappa shape index (κ1) is 7.30. The highest BCUT2D eigenvalue weighted by atomic mass is 16.2. The second kappa shape index (κ2) is 2.60. The van der Waals surface area contributed by atoms with Crippen LogP contribution in [0.3, 0.4) is 0 Å². The van der Waals surface area contributed by atoms with Crippen LogP contribution in [0.2, 0.25) is 0 Å². The minimum Gasteiger partial charge on any atom is -0.312 e. The number of hydrogen-bond donors (Lipinski definition) is 3. The Bertz CT molecular complexity index is 404. The summed E-state index contributed by atoms with van der Waals surface area (Å²) in [6.07, 6.45) is 0.717. The van der Waals surface area contributed by atoms with Crippen molar-refractivity contribution in [3.8, 4) is 0 Å². The number of rotatable bonds is 0. The average Bonchev–Trinajstić information content (AvgIpc) is 2.04. The fourth-order valence-corrected chi connectivity index (χ4v) is 1.39. The standard InChI is InChI=1S/C7H9N3O2/c11-6-4-3-8-2-1-5(4)9-7(12)10-6/h8H,1-3H2,(H2,9,10,11,12). The molecule has 12 heavy (non-hydrogen) atoms. The van der Waals surface area contributed by atoms with Gasteiger partial charge in [0, 0.05) is 25.2 Å². The summed E-state index contributed by atoms with van der Waals surface area (Å²) in [4.78, 5) is 26.8. The predicted octanol–water partition coefficient (Wildman–Crippen LogP) is -1.29. The molecule has 0 amide bonds. The molecular formula is C7H9N3O2. The zero-order valence-corrected chi connectivity index (χ0v) is 6.44. The van der Waals surface area contributed by atoms with Crippen molar-refractivity contribution in [3.63, 3.8) is 0 Å². The molecule has 0 aliphatic carbocycles. The SMILES string of the molecule is O=c1[nH]c2c(c(=O)[nH]1)CNCC2. The number of nitrogens with one attached hydrogen (secondary N) is 3. The number of aromatic amines is 2. The van der Waals surface area contributed by atoms with Gasteiger partial charge in [-0.3, -0.25) is 9.78 Å². The summed E-state index contributed by atoms with van der Waals surface area (Å²) < 4.78 is 0. The highest BCUT2D eigenvalue weighted by Crippen LogP contribution is 2.02. The molecule has 2 heterocycles. The summed E-state index contributed by atoms with van der Waals surface area (Å²) in [6.45, 7) is 1.36. The van der Waals surface area contributed by atoms with Crippen LogP contribution < -0.4 is 16.6 Å². The maximum absolute atomic E-state index is 11.2. The molecule has 3 N–H and O–H groups in total. The first-order valence-electron chi connectivity index (χ1n) is 3.82. The summed E-state index contributed by atoms with van der Waals surface area (Å²) in [5.74, 6) is 0. The molecule has 0 saturated heterocycles. The van der Waals surface area contributed by atoms with Gasteiger partial charge in [-0.05, 0) is 0 Å². The smallest absolute Gasteiger partial charge is 0.312 e. The van der Waals surface area contributed by atoms with Crippen LogP contribution in [0.1, 0.15) is 11.3 Å². The van der Waals surface area contributed by atoms with Crippen molar-refractivity contribution in [1.29, 1.82) is 0 Å². The molecule has 5 nitrogen and oxygen atoms in total. The molecule has 64 valence electrons. The third-order valence-electron chi connectivity index (χ3n) is 1.98. The van der Waals surface area contributed by atoms with Gasteiger partial charge in [-0.25, -0.2) is 4.79 Å². The Kier molecular flexibility index (Phi) is 1.58. The molecular weight excluding hydrogens is 158 g/mol. The lowest BCUT2D eigenvalue weighted by Gasteiger charge is -2.14. The highest BCUT2D eigenvalue weighted by Gasteiger charge is 2.12. The van der Waals surface area contributed by atoms with E-state index in [4.69, 9.17) is 0 Å². The Balaban J connectivity index is 2.68. The first-order valence-corrected chi connectivity index (χ1v) is 3.82. The van der Waals surface area contributed by atoms with Crippen LogP contribution in [-0.4, -0.2) is 16.5 Å². The second-order valence-electron chi connectivity index (χ2n) is 2.79. The van der Waals surface area contributed by atoms with Crippen LogP contribution in [-0.2, 0) is 13.0 Å². The van der Waals surface area contributed by atoms with E-state index >= 15 is 0 Å². The van der Waals surface area contributed by atoms with Crippen molar-refractivity contribution in [2.24, 2.45) is 0 Å². The van der Waals surface area contributed by atoms with Gasteiger partial charge in [0.25, 0.3) is 5.56 Å². The molecule has 0 spiro atoms. The van der Waals surface area contributed by atoms with E-state index in [0.717, 1.165) is 12.2 Å². The molecule has 0 atom stereocenters. The molecule has 5 heteroatoms. The average molecular weight is 167 g/mol. The summed E-state index contributed by atoms with van der Waals surface area (Å²) in [5.41, 5.74) is 0.727. The van der Waals surface area contributed by atoms with E-state index in [2.05, 4.69) is 15.3 Å². The Hall–Kier alpha value is -1.36. The van der Waals surface area contributed by atoms with E-state index in [1.54, 1.807) is 0 Å². The summed E-state index contributed by atoms with van der Waals surface area (Å²) in [5, 5.41) is 3.06. The Morgan fingerprint density at radius 1 is 1.17 bits per heavy atom. The Labute approximate surface area is 67.8 Å². The lowest BCUT2D eigenvalue weighted by atomic mass is 10.1. The van der Waals surface area contributed by atoms with E-state index < -0.39 is 5.69 Å². The van der Waals surface area contributed by atoms with Crippen LogP contribution in [0.5, 0.6) is 0 Å². The minimum atomic E-state index is -0.416. The van der Waals surface area contributed by atoms with E-state index in [1.165, 1.54) is 0 Å². The predicted molar refractivity (Wildman–Crippen MR) is 43.1 cm³/mol. The van der Waals surface area contributed by atoms with Crippen molar-refractivity contribution >= 4 is 0 Å². The summed E-state index contributed by atoms with van der Waals surface area (Å²) >= 11 is 0. The van der Waals surface area contributed by atoms with Gasteiger partial charge in [-0.1, -0.05) is 0 Å². The minimum absolute atomic E-state index is 0.277. The second-order valence-corrected chi connectivity index (χ2v) is 2.79. The Morgan fingerprint density at radius 3 is 2.83 bits per heavy atom. The van der Waals surface area contributed by atoms with Gasteiger partial charge in [-0.15, -0.1) is 0 Å². The van der Waals surface area contributed by atoms with Crippen molar-refractivity contribution in [2.75, 3.05) is 6.54 Å². The number of aromatic nitrogens is 2. The molecule has 0 aromatic carbocycles. The van der Waals surface area contributed by atoms with E-state index in [0.29, 0.717) is 18.5 Å². The number of hydrogen-bond acceptors (Lipinski definition) is 3. The van der Waals surface area contributed by atoms with Gasteiger partial charge in [0.2, 0.25) is 0 Å². The Morgan fingerprint density at radius 2 is 2.00 bits per heavy atom. The van der Waals surface area contributed by atoms with Crippen LogP contribution in [0.15, 0.2) is 9.59 Å². The summed E-state index contributed by atoms with van der Waals surface area (Å²) in [7, 11) is 0. The zero-order chi connectivity index (χ0) is 8.55. The summed E-state index contributed by atoms with van der Waals surface area (Å²) in [6, 6.07) is 0. The fraction of sp³-hybridized carbons (Fsp3) is 0.429. The van der Waals surface area contributed by atoms with Gasteiger partial charge < -0.3 is 10.3 Å². The van der Waals surface area contributed by atoms with Gasteiger partial charge in [0.05, 0.1) is 5.56 Å². The molecule has 0 fully saturated rings. The van der Waals surface area contributed by atoms with Crippen molar-refractivity contribution in [3.05, 3.63) is 32.1 Å². The van der Waals surface area contributed by atoms with Crippen LogP contribution in [0, 0.1) is 0 Å². The maximum Gasteiger partial charge on any atom is 0.325 e. The first-order chi connectivity index (χ1) is 5.77. The molecule has 0 unspecified atom stereocenters. The molecule has 1 aromatic rings. The molecule has 1 aliphatic rings. The van der Waals surface area contributed by atoms with E-state index in [-0.39, 0.29) is 5.56 Å². The van der Waals surface area contributed by atoms with Crippen molar-refractivity contribution in [2.45, 2.75) is 13.0 Å². The third kappa shape index (κ3) is 1.08. The van der Waals surface area contributed by atoms with Crippen LogP contribution >= 0.6 is 0 Å². The quantitative estimate of drug-likeness (QED) is 0.450. The van der Waals surface area contributed by atoms with E-state index in [9.17, 15) is 9.59 Å². The van der Waals surface area contributed by atoms with Crippen LogP contribution in [0.4, 0.5) is 0 Å². The number of fused-ring (bicyclic) bond motifs is 1. The molecule has 0 bridgehead atoms. The fourth-order valence-electron chi connectivity index (χ4n) is 1.39. The van der Waals surface area contributed by atoms with Gasteiger partial charge in [0.15, 0.2) is 0 Å². The molecule has 1 aromatic heterocycles. The lowest BCUT2D eigenvalue weighted by molar-refractivity contribution is 0.616. The topological polar surface area (TPSA) is 77.8 Å². The van der Waals surface area contributed by atoms with Gasteiger partial charge in [0.1, 0.15) is 0 Å². The molecule has 0 saturated carbocycles. The van der Waals surface area contributed by atoms with Crippen molar-refractivity contribution in [1.82, 2.24) is 15.3 Å². The molecule has 0 radical (unpaired) electrons. The normalized spacial score (nSPS) is 15.7. The van der Waals surface area contributed by atoms with Crippen LogP contribution in [0.25, 0.3) is 0 Å². The largest absolute Gasteiger partial charge is 0.325 e. The third-order valence-corrected chi connectivity index (χ3v) is 1.98. The zero-order valence-electron chi connectivity index (χ0n) is 6.44. The van der Waals surface area contributed by atoms with Crippen molar-refractivity contribution < 1.29 is 0 Å². The molecule has 2 rings (SSSR count).